The molecule has 3 rings (SSSR count). The zero-order valence-corrected chi connectivity index (χ0v) is 12.9. The molecule has 0 radical (unpaired) electrons. The molecule has 0 bridgehead atoms. The third kappa shape index (κ3) is 3.25. The predicted octanol–water partition coefficient (Wildman–Crippen LogP) is 4.38. The fraction of sp³-hybridized carbons (Fsp3) is 0.533. The second-order valence-corrected chi connectivity index (χ2v) is 6.85. The van der Waals surface area contributed by atoms with Crippen molar-refractivity contribution in [2.75, 3.05) is 0 Å². The monoisotopic (exact) mass is 310 g/mol. The first-order valence-electron chi connectivity index (χ1n) is 7.18. The summed E-state index contributed by atoms with van der Waals surface area (Å²) in [5.41, 5.74) is 0.951. The Labute approximate surface area is 128 Å². The molecule has 1 aliphatic carbocycles. The summed E-state index contributed by atoms with van der Waals surface area (Å²) in [5.74, 6) is 0. The molecule has 1 N–H and O–H groups in total. The van der Waals surface area contributed by atoms with Crippen molar-refractivity contribution >= 4 is 22.9 Å². The molecule has 0 spiro atoms. The first-order valence-corrected chi connectivity index (χ1v) is 8.44. The number of thiophene rings is 1. The van der Waals surface area contributed by atoms with Crippen molar-refractivity contribution in [3.05, 3.63) is 39.3 Å². The molecule has 2 heterocycles. The topological polar surface area (TPSA) is 38.0 Å². The van der Waals surface area contributed by atoms with Crippen LogP contribution < -0.4 is 0 Å². The van der Waals surface area contributed by atoms with E-state index in [0.717, 1.165) is 10.6 Å². The van der Waals surface area contributed by atoms with Gasteiger partial charge in [0, 0.05) is 22.9 Å². The molecule has 0 aromatic carbocycles. The van der Waals surface area contributed by atoms with E-state index in [2.05, 4.69) is 16.0 Å². The minimum atomic E-state index is -0.512. The van der Waals surface area contributed by atoms with Crippen LogP contribution >= 0.6 is 22.9 Å². The number of hydrogen-bond acceptors (Lipinski definition) is 3. The Balaban J connectivity index is 1.64. The fourth-order valence-electron chi connectivity index (χ4n) is 2.84. The number of rotatable bonds is 4. The lowest BCUT2D eigenvalue weighted by molar-refractivity contribution is 0.180. The zero-order valence-electron chi connectivity index (χ0n) is 11.3. The number of aliphatic hydroxyl groups excluding tert-OH is 1. The van der Waals surface area contributed by atoms with Gasteiger partial charge in [0.1, 0.15) is 0 Å². The number of hydrogen-bond donors (Lipinski definition) is 1. The maximum Gasteiger partial charge on any atom is 0.0938 e. The van der Waals surface area contributed by atoms with E-state index < -0.39 is 6.10 Å². The highest BCUT2D eigenvalue weighted by Gasteiger charge is 2.17. The van der Waals surface area contributed by atoms with E-state index in [4.69, 9.17) is 11.6 Å². The Hall–Kier alpha value is -0.840. The molecular weight excluding hydrogens is 292 g/mol. The van der Waals surface area contributed by atoms with Crippen LogP contribution in [-0.4, -0.2) is 14.9 Å². The van der Waals surface area contributed by atoms with Gasteiger partial charge in [-0.2, -0.15) is 5.10 Å². The van der Waals surface area contributed by atoms with Crippen molar-refractivity contribution in [3.63, 3.8) is 0 Å². The van der Waals surface area contributed by atoms with Gasteiger partial charge in [0.15, 0.2) is 0 Å². The van der Waals surface area contributed by atoms with Gasteiger partial charge in [-0.1, -0.05) is 30.9 Å². The molecule has 108 valence electrons. The lowest BCUT2D eigenvalue weighted by Crippen LogP contribution is -2.13. The molecule has 1 fully saturated rings. The first-order chi connectivity index (χ1) is 9.72. The average molecular weight is 311 g/mol. The fourth-order valence-corrected chi connectivity index (χ4v) is 3.90. The normalized spacial score (nSPS) is 18.3. The van der Waals surface area contributed by atoms with Crippen LogP contribution in [0.1, 0.15) is 54.8 Å². The third-order valence-corrected chi connectivity index (χ3v) is 5.31. The molecule has 0 saturated heterocycles. The van der Waals surface area contributed by atoms with Crippen molar-refractivity contribution in [2.24, 2.45) is 0 Å². The Bertz CT molecular complexity index is 560. The van der Waals surface area contributed by atoms with Gasteiger partial charge < -0.3 is 5.11 Å². The van der Waals surface area contributed by atoms with Crippen molar-refractivity contribution in [2.45, 2.75) is 50.7 Å². The van der Waals surface area contributed by atoms with Crippen molar-refractivity contribution in [3.8, 4) is 0 Å². The summed E-state index contributed by atoms with van der Waals surface area (Å²) in [6.07, 6.45) is 8.50. The first kappa shape index (κ1) is 14.1. The second-order valence-electron chi connectivity index (χ2n) is 5.47. The van der Waals surface area contributed by atoms with Crippen LogP contribution in [0.4, 0.5) is 0 Å². The minimum Gasteiger partial charge on any atom is -0.387 e. The molecule has 1 aliphatic rings. The SMILES string of the molecule is OC(Cc1ccn(C2CCCCC2)n1)c1cc(Cl)cs1. The molecule has 1 unspecified atom stereocenters. The summed E-state index contributed by atoms with van der Waals surface area (Å²) in [7, 11) is 0. The van der Waals surface area contributed by atoms with Gasteiger partial charge in [-0.25, -0.2) is 0 Å². The summed E-state index contributed by atoms with van der Waals surface area (Å²) < 4.78 is 2.09. The third-order valence-electron chi connectivity index (χ3n) is 3.93. The van der Waals surface area contributed by atoms with Crippen LogP contribution in [0.25, 0.3) is 0 Å². The van der Waals surface area contributed by atoms with Crippen molar-refractivity contribution in [1.82, 2.24) is 9.78 Å². The molecule has 1 saturated carbocycles. The van der Waals surface area contributed by atoms with Crippen molar-refractivity contribution < 1.29 is 5.11 Å². The highest BCUT2D eigenvalue weighted by molar-refractivity contribution is 7.10. The van der Waals surface area contributed by atoms with Crippen LogP contribution in [-0.2, 0) is 6.42 Å². The van der Waals surface area contributed by atoms with Gasteiger partial charge >= 0.3 is 0 Å². The standard InChI is InChI=1S/C15H19ClN2OS/c16-11-8-15(20-10-11)14(19)9-12-6-7-18(17-12)13-4-2-1-3-5-13/h6-8,10,13-14,19H,1-5,9H2. The average Bonchev–Trinajstić information content (AvgIpc) is 3.09. The van der Waals surface area contributed by atoms with Crippen molar-refractivity contribution in [1.29, 1.82) is 0 Å². The predicted molar refractivity (Wildman–Crippen MR) is 82.3 cm³/mol. The second kappa shape index (κ2) is 6.29. The van der Waals surface area contributed by atoms with Gasteiger partial charge in [0.2, 0.25) is 0 Å². The summed E-state index contributed by atoms with van der Waals surface area (Å²) in [6, 6.07) is 4.40. The highest BCUT2D eigenvalue weighted by atomic mass is 35.5. The summed E-state index contributed by atoms with van der Waals surface area (Å²) in [6.45, 7) is 0. The molecule has 2 aromatic heterocycles. The Kier molecular flexibility index (Phi) is 4.44. The Morgan fingerprint density at radius 3 is 2.90 bits per heavy atom. The zero-order chi connectivity index (χ0) is 13.9. The molecule has 20 heavy (non-hydrogen) atoms. The lowest BCUT2D eigenvalue weighted by atomic mass is 9.96. The smallest absolute Gasteiger partial charge is 0.0938 e. The Morgan fingerprint density at radius 2 is 2.20 bits per heavy atom. The number of halogens is 1. The van der Waals surface area contributed by atoms with Gasteiger partial charge in [0.05, 0.1) is 22.9 Å². The highest BCUT2D eigenvalue weighted by Crippen LogP contribution is 2.29. The van der Waals surface area contributed by atoms with Crippen LogP contribution in [0.5, 0.6) is 0 Å². The van der Waals surface area contributed by atoms with E-state index >= 15 is 0 Å². The van der Waals surface area contributed by atoms with E-state index in [-0.39, 0.29) is 0 Å². The lowest BCUT2D eigenvalue weighted by Gasteiger charge is -2.21. The van der Waals surface area contributed by atoms with Crippen LogP contribution in [0.2, 0.25) is 5.02 Å². The van der Waals surface area contributed by atoms with Crippen LogP contribution in [0.15, 0.2) is 23.7 Å². The maximum atomic E-state index is 10.2. The van der Waals surface area contributed by atoms with E-state index in [1.54, 1.807) is 0 Å². The van der Waals surface area contributed by atoms with Gasteiger partial charge in [-0.05, 0) is 25.0 Å². The summed E-state index contributed by atoms with van der Waals surface area (Å²) in [4.78, 5) is 0.905. The van der Waals surface area contributed by atoms with Gasteiger partial charge in [-0.3, -0.25) is 4.68 Å². The number of aliphatic hydroxyl groups is 1. The van der Waals surface area contributed by atoms with Gasteiger partial charge in [0.25, 0.3) is 0 Å². The summed E-state index contributed by atoms with van der Waals surface area (Å²) in [5, 5.41) is 17.4. The van der Waals surface area contributed by atoms with Crippen LogP contribution in [0.3, 0.4) is 0 Å². The molecule has 0 aliphatic heterocycles. The molecule has 2 aromatic rings. The van der Waals surface area contributed by atoms with Crippen LogP contribution in [0, 0.1) is 0 Å². The minimum absolute atomic E-state index is 0.512. The van der Waals surface area contributed by atoms with E-state index in [1.165, 1.54) is 43.4 Å². The molecule has 5 heteroatoms. The largest absolute Gasteiger partial charge is 0.387 e. The number of nitrogens with zero attached hydrogens (tertiary/aromatic N) is 2. The maximum absolute atomic E-state index is 10.2. The molecule has 0 amide bonds. The van der Waals surface area contributed by atoms with E-state index in [1.807, 2.05) is 17.5 Å². The molecular formula is C15H19ClN2OS. The summed E-state index contributed by atoms with van der Waals surface area (Å²) >= 11 is 7.39. The quantitative estimate of drug-likeness (QED) is 0.910. The van der Waals surface area contributed by atoms with E-state index in [0.29, 0.717) is 17.5 Å². The number of aromatic nitrogens is 2. The molecule has 3 nitrogen and oxygen atoms in total. The van der Waals surface area contributed by atoms with Gasteiger partial charge in [-0.15, -0.1) is 11.3 Å². The Morgan fingerprint density at radius 1 is 1.40 bits per heavy atom. The van der Waals surface area contributed by atoms with E-state index in [9.17, 15) is 5.11 Å². The molecule has 1 atom stereocenters.